The number of hydrogen-bond donors (Lipinski definition) is 1. The summed E-state index contributed by atoms with van der Waals surface area (Å²) in [5.41, 5.74) is 9.06. The van der Waals surface area contributed by atoms with Crippen LogP contribution in [0.4, 0.5) is 0 Å². The highest BCUT2D eigenvalue weighted by Crippen LogP contribution is 2.18. The first kappa shape index (κ1) is 15.8. The van der Waals surface area contributed by atoms with Crippen LogP contribution in [0, 0.1) is 11.3 Å². The Labute approximate surface area is 119 Å². The van der Waals surface area contributed by atoms with Gasteiger partial charge in [-0.2, -0.15) is 5.26 Å². The Balaban J connectivity index is 2.52. The molecule has 0 radical (unpaired) electrons. The molecule has 1 atom stereocenters. The molecule has 1 N–H and O–H groups in total. The third-order valence-corrected chi connectivity index (χ3v) is 2.56. The van der Waals surface area contributed by atoms with Crippen molar-refractivity contribution >= 4 is 0 Å². The molecule has 1 rings (SSSR count). The van der Waals surface area contributed by atoms with E-state index in [4.69, 9.17) is 10.3 Å². The highest BCUT2D eigenvalue weighted by molar-refractivity contribution is 5.31. The normalized spacial score (nSPS) is 11.5. The second kappa shape index (κ2) is 8.81. The third-order valence-electron chi connectivity index (χ3n) is 2.56. The molecule has 1 aromatic carbocycles. The van der Waals surface area contributed by atoms with Crippen LogP contribution in [-0.4, -0.2) is 19.2 Å². The molecule has 106 valence electrons. The highest BCUT2D eigenvalue weighted by atomic mass is 16.5. The topological polar surface area (TPSA) is 93.8 Å². The van der Waals surface area contributed by atoms with Crippen LogP contribution >= 0.6 is 0 Å². The second-order valence-corrected chi connectivity index (χ2v) is 4.56. The fourth-order valence-electron chi connectivity index (χ4n) is 1.69. The smallest absolute Gasteiger partial charge is 0.121 e. The van der Waals surface area contributed by atoms with E-state index in [0.29, 0.717) is 19.5 Å². The fourth-order valence-corrected chi connectivity index (χ4v) is 1.69. The van der Waals surface area contributed by atoms with Crippen molar-refractivity contribution in [2.45, 2.75) is 32.4 Å². The first-order valence-electron chi connectivity index (χ1n) is 6.58. The molecule has 0 aromatic heterocycles. The minimum atomic E-state index is -0.367. The predicted molar refractivity (Wildman–Crippen MR) is 77.2 cm³/mol. The molecule has 20 heavy (non-hydrogen) atoms. The van der Waals surface area contributed by atoms with Gasteiger partial charge in [0.05, 0.1) is 12.2 Å². The Morgan fingerprint density at radius 2 is 2.10 bits per heavy atom. The molecule has 6 nitrogen and oxygen atoms in total. The first-order chi connectivity index (χ1) is 9.67. The van der Waals surface area contributed by atoms with Crippen molar-refractivity contribution in [3.05, 3.63) is 40.3 Å². The molecule has 0 saturated carbocycles. The maximum absolute atomic E-state index is 9.17. The number of azide groups is 1. The highest BCUT2D eigenvalue weighted by Gasteiger charge is 2.09. The molecule has 0 saturated heterocycles. The molecule has 1 aromatic rings. The van der Waals surface area contributed by atoms with Gasteiger partial charge in [-0.15, -0.1) is 0 Å². The molecular weight excluding hydrogens is 254 g/mol. The largest absolute Gasteiger partial charge is 0.491 e. The number of nitrogens with one attached hydrogen (secondary N) is 1. The molecule has 0 fully saturated rings. The Bertz CT molecular complexity index is 485. The van der Waals surface area contributed by atoms with Crippen LogP contribution in [0.25, 0.3) is 10.4 Å². The zero-order chi connectivity index (χ0) is 14.8. The Hall–Kier alpha value is -2.22. The van der Waals surface area contributed by atoms with Gasteiger partial charge in [0.1, 0.15) is 11.8 Å². The van der Waals surface area contributed by atoms with E-state index in [1.54, 1.807) is 0 Å². The Morgan fingerprint density at radius 3 is 2.65 bits per heavy atom. The van der Waals surface area contributed by atoms with Crippen LogP contribution in [-0.2, 0) is 0 Å². The van der Waals surface area contributed by atoms with E-state index in [1.165, 1.54) is 0 Å². The maximum Gasteiger partial charge on any atom is 0.121 e. The molecular formula is C14H19N5O. The lowest BCUT2D eigenvalue weighted by Gasteiger charge is -2.13. The van der Waals surface area contributed by atoms with Gasteiger partial charge in [-0.05, 0) is 50.0 Å². The lowest BCUT2D eigenvalue weighted by atomic mass is 10.1. The third kappa shape index (κ3) is 5.61. The van der Waals surface area contributed by atoms with Gasteiger partial charge in [0.15, 0.2) is 0 Å². The lowest BCUT2D eigenvalue weighted by Crippen LogP contribution is -2.21. The van der Waals surface area contributed by atoms with E-state index < -0.39 is 0 Å². The summed E-state index contributed by atoms with van der Waals surface area (Å²) in [4.78, 5) is 2.68. The van der Waals surface area contributed by atoms with Crippen LogP contribution in [0.5, 0.6) is 5.75 Å². The van der Waals surface area contributed by atoms with Crippen LogP contribution in [0.15, 0.2) is 29.4 Å². The van der Waals surface area contributed by atoms with Crippen molar-refractivity contribution in [3.8, 4) is 11.8 Å². The molecule has 0 heterocycles. The minimum Gasteiger partial charge on any atom is -0.491 e. The van der Waals surface area contributed by atoms with Crippen molar-refractivity contribution in [2.75, 3.05) is 13.1 Å². The molecule has 0 bridgehead atoms. The van der Waals surface area contributed by atoms with Crippen molar-refractivity contribution in [3.63, 3.8) is 0 Å². The monoisotopic (exact) mass is 273 g/mol. The predicted octanol–water partition coefficient (Wildman–Crippen LogP) is 3.33. The van der Waals surface area contributed by atoms with E-state index in [0.717, 1.165) is 11.3 Å². The zero-order valence-corrected chi connectivity index (χ0v) is 11.8. The van der Waals surface area contributed by atoms with E-state index in [2.05, 4.69) is 21.4 Å². The van der Waals surface area contributed by atoms with Gasteiger partial charge >= 0.3 is 0 Å². The lowest BCUT2D eigenvalue weighted by molar-refractivity contribution is 0.242. The van der Waals surface area contributed by atoms with Crippen molar-refractivity contribution in [2.24, 2.45) is 5.11 Å². The molecule has 0 aliphatic rings. The summed E-state index contributed by atoms with van der Waals surface area (Å²) in [6.07, 6.45) is 0.836. The van der Waals surface area contributed by atoms with E-state index in [1.807, 2.05) is 38.1 Å². The summed E-state index contributed by atoms with van der Waals surface area (Å²) in [5, 5.41) is 15.7. The van der Waals surface area contributed by atoms with Crippen LogP contribution in [0.3, 0.4) is 0 Å². The summed E-state index contributed by atoms with van der Waals surface area (Å²) in [7, 11) is 0. The van der Waals surface area contributed by atoms with Crippen molar-refractivity contribution < 1.29 is 4.74 Å². The average Bonchev–Trinajstić information content (AvgIpc) is 2.43. The van der Waals surface area contributed by atoms with Gasteiger partial charge in [0.2, 0.25) is 0 Å². The summed E-state index contributed by atoms with van der Waals surface area (Å²) < 4.78 is 5.56. The molecule has 0 amide bonds. The molecule has 6 heteroatoms. The van der Waals surface area contributed by atoms with Crippen molar-refractivity contribution in [1.29, 1.82) is 5.26 Å². The van der Waals surface area contributed by atoms with Gasteiger partial charge in [-0.3, -0.25) is 5.32 Å². The van der Waals surface area contributed by atoms with Crippen LogP contribution in [0.2, 0.25) is 0 Å². The number of nitriles is 1. The average molecular weight is 273 g/mol. The summed E-state index contributed by atoms with van der Waals surface area (Å²) >= 11 is 0. The first-order valence-corrected chi connectivity index (χ1v) is 6.58. The van der Waals surface area contributed by atoms with Gasteiger partial charge < -0.3 is 4.74 Å². The second-order valence-electron chi connectivity index (χ2n) is 4.56. The van der Waals surface area contributed by atoms with Crippen LogP contribution < -0.4 is 10.1 Å². The molecule has 0 aliphatic carbocycles. The van der Waals surface area contributed by atoms with Crippen molar-refractivity contribution in [1.82, 2.24) is 5.32 Å². The standard InChI is InChI=1S/C14H19N5O/c1-11(2)20-13-6-4-12(5-7-13)14(10-15)17-8-3-9-18-19-16/h4-7,11,14,17H,3,8-9H2,1-2H3. The molecule has 0 aliphatic heterocycles. The molecule has 0 spiro atoms. The SMILES string of the molecule is CC(C)Oc1ccc(C(C#N)NCCCN=[N+]=[N-])cc1. The van der Waals surface area contributed by atoms with E-state index >= 15 is 0 Å². The number of rotatable bonds is 8. The number of hydrogen-bond acceptors (Lipinski definition) is 4. The zero-order valence-electron chi connectivity index (χ0n) is 11.8. The number of ether oxygens (including phenoxy) is 1. The van der Waals surface area contributed by atoms with E-state index in [-0.39, 0.29) is 12.1 Å². The van der Waals surface area contributed by atoms with Gasteiger partial charge in [0.25, 0.3) is 0 Å². The minimum absolute atomic E-state index is 0.131. The molecule has 1 unspecified atom stereocenters. The van der Waals surface area contributed by atoms with Gasteiger partial charge in [-0.1, -0.05) is 17.2 Å². The fraction of sp³-hybridized carbons (Fsp3) is 0.500. The summed E-state index contributed by atoms with van der Waals surface area (Å²) in [5.74, 6) is 0.795. The quantitative estimate of drug-likeness (QED) is 0.340. The Morgan fingerprint density at radius 1 is 1.40 bits per heavy atom. The summed E-state index contributed by atoms with van der Waals surface area (Å²) in [6, 6.07) is 9.33. The number of nitrogens with zero attached hydrogens (tertiary/aromatic N) is 4. The Kier molecular flexibility index (Phi) is 6.97. The van der Waals surface area contributed by atoms with Crippen LogP contribution in [0.1, 0.15) is 31.9 Å². The maximum atomic E-state index is 9.17. The summed E-state index contributed by atoms with van der Waals surface area (Å²) in [6.45, 7) is 5.00. The number of benzene rings is 1. The van der Waals surface area contributed by atoms with E-state index in [9.17, 15) is 5.26 Å². The van der Waals surface area contributed by atoms with Gasteiger partial charge in [0, 0.05) is 11.5 Å². The van der Waals surface area contributed by atoms with Gasteiger partial charge in [-0.25, -0.2) is 0 Å².